The monoisotopic (exact) mass is 269 g/mol. The summed E-state index contributed by atoms with van der Waals surface area (Å²) < 4.78 is 16.1. The molecule has 0 spiro atoms. The van der Waals surface area contributed by atoms with Crippen LogP contribution in [0.3, 0.4) is 0 Å². The Kier molecular flexibility index (Phi) is 6.96. The van der Waals surface area contributed by atoms with E-state index in [1.165, 1.54) is 0 Å². The molecule has 0 aliphatic rings. The minimum absolute atomic E-state index is 0.854. The Balaban J connectivity index is 2.18. The largest absolute Gasteiger partial charge is 0.500 e. The molecule has 0 saturated carbocycles. The maximum atomic E-state index is 5.38. The van der Waals surface area contributed by atoms with E-state index >= 15 is 0 Å². The van der Waals surface area contributed by atoms with Gasteiger partial charge in [0.25, 0.3) is 0 Å². The second kappa shape index (κ2) is 8.26. The number of anilines is 1. The number of rotatable bonds is 9. The number of para-hydroxylation sites is 1. The second-order valence-corrected chi connectivity index (χ2v) is 7.14. The van der Waals surface area contributed by atoms with Gasteiger partial charge >= 0.3 is 8.80 Å². The minimum Gasteiger partial charge on any atom is -0.385 e. The van der Waals surface area contributed by atoms with Gasteiger partial charge in [-0.05, 0) is 25.0 Å². The van der Waals surface area contributed by atoms with Gasteiger partial charge in [0.15, 0.2) is 0 Å². The normalized spacial score (nSPS) is 11.5. The van der Waals surface area contributed by atoms with Crippen LogP contribution in [0.1, 0.15) is 12.8 Å². The molecule has 0 unspecified atom stereocenters. The first kappa shape index (κ1) is 15.2. The highest BCUT2D eigenvalue weighted by molar-refractivity contribution is 6.60. The molecule has 0 atom stereocenters. The summed E-state index contributed by atoms with van der Waals surface area (Å²) in [6.45, 7) is 0.950. The molecule has 0 saturated heterocycles. The van der Waals surface area contributed by atoms with Gasteiger partial charge in [0.1, 0.15) is 0 Å². The van der Waals surface area contributed by atoms with E-state index in [0.717, 1.165) is 31.1 Å². The Bertz CT molecular complexity index is 309. The van der Waals surface area contributed by atoms with Crippen molar-refractivity contribution >= 4 is 14.5 Å². The van der Waals surface area contributed by atoms with Gasteiger partial charge in [-0.2, -0.15) is 0 Å². The number of nitrogens with one attached hydrogen (secondary N) is 1. The average molecular weight is 269 g/mol. The van der Waals surface area contributed by atoms with E-state index in [0.29, 0.717) is 0 Å². The fourth-order valence-corrected chi connectivity index (χ4v) is 3.61. The number of hydrogen-bond acceptors (Lipinski definition) is 4. The van der Waals surface area contributed by atoms with Crippen LogP contribution in [-0.4, -0.2) is 36.7 Å². The van der Waals surface area contributed by atoms with E-state index in [2.05, 4.69) is 17.4 Å². The van der Waals surface area contributed by atoms with Crippen LogP contribution in [0.15, 0.2) is 30.3 Å². The molecule has 0 aliphatic heterocycles. The average Bonchev–Trinajstić information content (AvgIpc) is 2.45. The first-order chi connectivity index (χ1) is 8.76. The number of benzene rings is 1. The minimum atomic E-state index is -2.37. The highest BCUT2D eigenvalue weighted by Gasteiger charge is 2.36. The summed E-state index contributed by atoms with van der Waals surface area (Å²) >= 11 is 0. The molecule has 1 rings (SSSR count). The highest BCUT2D eigenvalue weighted by atomic mass is 28.4. The standard InChI is InChI=1S/C13H23NO3Si/c1-15-18(16-2,17-3)12-8-7-11-14-13-9-5-4-6-10-13/h4-6,9-10,14H,7-8,11-12H2,1-3H3. The van der Waals surface area contributed by atoms with Crippen LogP contribution in [0.5, 0.6) is 0 Å². The van der Waals surface area contributed by atoms with Crippen LogP contribution >= 0.6 is 0 Å². The smallest absolute Gasteiger partial charge is 0.385 e. The van der Waals surface area contributed by atoms with E-state index in [1.807, 2.05) is 18.2 Å². The number of hydrogen-bond donors (Lipinski definition) is 1. The predicted molar refractivity (Wildman–Crippen MR) is 75.8 cm³/mol. The molecule has 0 fully saturated rings. The first-order valence-electron chi connectivity index (χ1n) is 6.20. The van der Waals surface area contributed by atoms with Gasteiger partial charge in [-0.15, -0.1) is 0 Å². The lowest BCUT2D eigenvalue weighted by molar-refractivity contribution is 0.123. The third kappa shape index (κ3) is 4.78. The summed E-state index contributed by atoms with van der Waals surface area (Å²) in [4.78, 5) is 0. The van der Waals surface area contributed by atoms with Gasteiger partial charge in [0.2, 0.25) is 0 Å². The highest BCUT2D eigenvalue weighted by Crippen LogP contribution is 2.16. The molecule has 5 heteroatoms. The molecule has 18 heavy (non-hydrogen) atoms. The van der Waals surface area contributed by atoms with E-state index < -0.39 is 8.80 Å². The van der Waals surface area contributed by atoms with Crippen molar-refractivity contribution in [2.45, 2.75) is 18.9 Å². The maximum absolute atomic E-state index is 5.38. The van der Waals surface area contributed by atoms with Crippen molar-refractivity contribution in [2.24, 2.45) is 0 Å². The van der Waals surface area contributed by atoms with E-state index in [1.54, 1.807) is 21.3 Å². The van der Waals surface area contributed by atoms with Gasteiger partial charge in [0.05, 0.1) is 0 Å². The van der Waals surface area contributed by atoms with E-state index in [-0.39, 0.29) is 0 Å². The van der Waals surface area contributed by atoms with Crippen LogP contribution in [0.2, 0.25) is 6.04 Å². The third-order valence-corrected chi connectivity index (χ3v) is 5.78. The zero-order valence-electron chi connectivity index (χ0n) is 11.4. The second-order valence-electron chi connectivity index (χ2n) is 4.05. The Labute approximate surface area is 111 Å². The van der Waals surface area contributed by atoms with Crippen molar-refractivity contribution in [3.05, 3.63) is 30.3 Å². The quantitative estimate of drug-likeness (QED) is 0.553. The molecule has 0 bridgehead atoms. The zero-order chi connectivity index (χ0) is 13.3. The Morgan fingerprint density at radius 3 is 2.11 bits per heavy atom. The van der Waals surface area contributed by atoms with Crippen LogP contribution in [0.4, 0.5) is 5.69 Å². The molecule has 0 radical (unpaired) electrons. The molecule has 1 aromatic carbocycles. The lowest BCUT2D eigenvalue weighted by Crippen LogP contribution is -2.42. The molecule has 0 aliphatic carbocycles. The fraction of sp³-hybridized carbons (Fsp3) is 0.538. The topological polar surface area (TPSA) is 39.7 Å². The zero-order valence-corrected chi connectivity index (χ0v) is 12.4. The summed E-state index contributed by atoms with van der Waals surface area (Å²) in [5.74, 6) is 0. The lowest BCUT2D eigenvalue weighted by atomic mass is 10.3. The Morgan fingerprint density at radius 2 is 1.56 bits per heavy atom. The molecule has 4 nitrogen and oxygen atoms in total. The summed E-state index contributed by atoms with van der Waals surface area (Å²) in [6.07, 6.45) is 2.10. The van der Waals surface area contributed by atoms with Crippen molar-refractivity contribution in [3.8, 4) is 0 Å². The molecule has 1 N–H and O–H groups in total. The Hall–Kier alpha value is -0.883. The van der Waals surface area contributed by atoms with Gasteiger partial charge < -0.3 is 18.6 Å². The van der Waals surface area contributed by atoms with Crippen LogP contribution in [-0.2, 0) is 13.3 Å². The molecule has 102 valence electrons. The Morgan fingerprint density at radius 1 is 0.944 bits per heavy atom. The van der Waals surface area contributed by atoms with Crippen molar-refractivity contribution in [3.63, 3.8) is 0 Å². The summed E-state index contributed by atoms with van der Waals surface area (Å²) in [5, 5.41) is 3.38. The first-order valence-corrected chi connectivity index (χ1v) is 8.14. The van der Waals surface area contributed by atoms with E-state index in [4.69, 9.17) is 13.3 Å². The molecule has 0 aromatic heterocycles. The predicted octanol–water partition coefficient (Wildman–Crippen LogP) is 2.76. The van der Waals surface area contributed by atoms with Gasteiger partial charge in [-0.1, -0.05) is 18.2 Å². The van der Waals surface area contributed by atoms with Crippen molar-refractivity contribution < 1.29 is 13.3 Å². The fourth-order valence-electron chi connectivity index (χ4n) is 1.81. The van der Waals surface area contributed by atoms with Crippen molar-refractivity contribution in [2.75, 3.05) is 33.2 Å². The van der Waals surface area contributed by atoms with Gasteiger partial charge in [0, 0.05) is 39.6 Å². The molecule has 0 heterocycles. The van der Waals surface area contributed by atoms with Crippen molar-refractivity contribution in [1.29, 1.82) is 0 Å². The van der Waals surface area contributed by atoms with Crippen LogP contribution in [0, 0.1) is 0 Å². The van der Waals surface area contributed by atoms with E-state index in [9.17, 15) is 0 Å². The lowest BCUT2D eigenvalue weighted by Gasteiger charge is -2.24. The number of unbranched alkanes of at least 4 members (excludes halogenated alkanes) is 1. The molecule has 1 aromatic rings. The van der Waals surface area contributed by atoms with Gasteiger partial charge in [-0.25, -0.2) is 0 Å². The van der Waals surface area contributed by atoms with Crippen LogP contribution < -0.4 is 5.32 Å². The molecular weight excluding hydrogens is 246 g/mol. The summed E-state index contributed by atoms with van der Waals surface area (Å²) in [5.41, 5.74) is 1.16. The maximum Gasteiger partial charge on any atom is 0.500 e. The third-order valence-electron chi connectivity index (χ3n) is 2.95. The summed E-state index contributed by atoms with van der Waals surface area (Å²) in [6, 6.07) is 11.1. The molecule has 0 amide bonds. The van der Waals surface area contributed by atoms with Gasteiger partial charge in [-0.3, -0.25) is 0 Å². The van der Waals surface area contributed by atoms with Crippen molar-refractivity contribution in [1.82, 2.24) is 0 Å². The van der Waals surface area contributed by atoms with Crippen LogP contribution in [0.25, 0.3) is 0 Å². The summed E-state index contributed by atoms with van der Waals surface area (Å²) in [7, 11) is 2.59. The SMILES string of the molecule is CO[Si](CCCCNc1ccccc1)(OC)OC. The molecular formula is C13H23NO3Si.